The highest BCUT2D eigenvalue weighted by Gasteiger charge is 2.35. The monoisotopic (exact) mass is 252 g/mol. The van der Waals surface area contributed by atoms with Gasteiger partial charge < -0.3 is 9.26 Å². The number of aromatic nitrogens is 2. The summed E-state index contributed by atoms with van der Waals surface area (Å²) in [5.74, 6) is 1.00. The van der Waals surface area contributed by atoms with Crippen molar-refractivity contribution in [1.82, 2.24) is 10.1 Å². The van der Waals surface area contributed by atoms with Crippen molar-refractivity contribution in [2.75, 3.05) is 6.61 Å². The fraction of sp³-hybridized carbons (Fsp3) is 0.769. The van der Waals surface area contributed by atoms with Crippen molar-refractivity contribution in [1.29, 1.82) is 0 Å². The lowest BCUT2D eigenvalue weighted by molar-refractivity contribution is -0.119. The van der Waals surface area contributed by atoms with Gasteiger partial charge in [0.15, 0.2) is 0 Å². The van der Waals surface area contributed by atoms with E-state index in [0.717, 1.165) is 19.3 Å². The topological polar surface area (TPSA) is 65.2 Å². The summed E-state index contributed by atoms with van der Waals surface area (Å²) in [5, 5.41) is 3.99. The second-order valence-electron chi connectivity index (χ2n) is 4.88. The van der Waals surface area contributed by atoms with Crippen molar-refractivity contribution in [2.24, 2.45) is 0 Å². The molecule has 0 saturated heterocycles. The van der Waals surface area contributed by atoms with Gasteiger partial charge in [-0.25, -0.2) is 0 Å². The predicted octanol–water partition coefficient (Wildman–Crippen LogP) is 2.57. The summed E-state index contributed by atoms with van der Waals surface area (Å²) in [6.45, 7) is 6.50. The normalized spacial score (nSPS) is 23.3. The van der Waals surface area contributed by atoms with Crippen molar-refractivity contribution in [3.63, 3.8) is 0 Å². The van der Waals surface area contributed by atoms with Gasteiger partial charge in [-0.3, -0.25) is 4.79 Å². The molecule has 100 valence electrons. The maximum atomic E-state index is 11.7. The molecule has 0 aromatic carbocycles. The van der Waals surface area contributed by atoms with Crippen molar-refractivity contribution in [2.45, 2.75) is 58.0 Å². The summed E-state index contributed by atoms with van der Waals surface area (Å²) in [4.78, 5) is 16.1. The molecule has 0 radical (unpaired) electrons. The van der Waals surface area contributed by atoms with E-state index in [1.165, 1.54) is 0 Å². The molecule has 0 aliphatic heterocycles. The zero-order valence-corrected chi connectivity index (χ0v) is 11.2. The molecule has 0 bridgehead atoms. The summed E-state index contributed by atoms with van der Waals surface area (Å²) in [6, 6.07) is 0. The molecule has 1 saturated carbocycles. The van der Waals surface area contributed by atoms with Crippen LogP contribution in [0.25, 0.3) is 0 Å². The molecule has 1 heterocycles. The Hall–Kier alpha value is -1.23. The van der Waals surface area contributed by atoms with E-state index in [4.69, 9.17) is 9.26 Å². The van der Waals surface area contributed by atoms with Gasteiger partial charge in [0.05, 0.1) is 5.92 Å². The van der Waals surface area contributed by atoms with Crippen molar-refractivity contribution >= 4 is 5.78 Å². The Balaban J connectivity index is 2.21. The lowest BCUT2D eigenvalue weighted by atomic mass is 10.0. The van der Waals surface area contributed by atoms with Gasteiger partial charge in [0.25, 0.3) is 0 Å². The van der Waals surface area contributed by atoms with Crippen LogP contribution >= 0.6 is 0 Å². The zero-order valence-electron chi connectivity index (χ0n) is 11.2. The van der Waals surface area contributed by atoms with Crippen LogP contribution < -0.4 is 0 Å². The number of ether oxygens (including phenoxy) is 1. The molecule has 5 heteroatoms. The quantitative estimate of drug-likeness (QED) is 0.805. The molecule has 2 unspecified atom stereocenters. The van der Waals surface area contributed by atoms with Crippen molar-refractivity contribution in [3.05, 3.63) is 11.7 Å². The lowest BCUT2D eigenvalue weighted by Gasteiger charge is -2.23. The van der Waals surface area contributed by atoms with E-state index >= 15 is 0 Å². The summed E-state index contributed by atoms with van der Waals surface area (Å²) in [7, 11) is 0. The highest BCUT2D eigenvalue weighted by Crippen LogP contribution is 2.32. The molecule has 2 rings (SSSR count). The number of hydrogen-bond donors (Lipinski definition) is 0. The smallest absolute Gasteiger partial charge is 0.237 e. The molecule has 1 fully saturated rings. The third kappa shape index (κ3) is 2.32. The van der Waals surface area contributed by atoms with Gasteiger partial charge in [-0.1, -0.05) is 12.1 Å². The number of ketones is 1. The van der Waals surface area contributed by atoms with E-state index < -0.39 is 5.60 Å². The minimum atomic E-state index is -0.530. The highest BCUT2D eigenvalue weighted by molar-refractivity contribution is 5.86. The summed E-state index contributed by atoms with van der Waals surface area (Å²) in [6.07, 6.45) is 3.12. The largest absolute Gasteiger partial charge is 0.367 e. The molecule has 2 atom stereocenters. The predicted molar refractivity (Wildman–Crippen MR) is 65.2 cm³/mol. The number of carbonyl (C=O) groups excluding carboxylic acids is 1. The second kappa shape index (κ2) is 5.18. The van der Waals surface area contributed by atoms with Crippen LogP contribution in [-0.2, 0) is 15.1 Å². The molecule has 1 aliphatic carbocycles. The van der Waals surface area contributed by atoms with E-state index in [0.29, 0.717) is 24.7 Å². The molecular formula is C13H20N2O3. The standard InChI is InChI=1S/C13H20N2O3/c1-4-13(3,17-5-2)12-14-11(18-15-12)9-7-6-8-10(9)16/h9H,4-8H2,1-3H3. The highest BCUT2D eigenvalue weighted by atomic mass is 16.5. The van der Waals surface area contributed by atoms with Gasteiger partial charge >= 0.3 is 0 Å². The molecule has 1 aliphatic rings. The van der Waals surface area contributed by atoms with Crippen LogP contribution in [0.1, 0.15) is 64.1 Å². The molecule has 0 N–H and O–H groups in total. The number of carbonyl (C=O) groups is 1. The van der Waals surface area contributed by atoms with Gasteiger partial charge in [-0.15, -0.1) is 0 Å². The number of rotatable bonds is 5. The maximum absolute atomic E-state index is 11.7. The Labute approximate surface area is 107 Å². The van der Waals surface area contributed by atoms with Crippen LogP contribution in [0.4, 0.5) is 0 Å². The molecular weight excluding hydrogens is 232 g/mol. The summed E-state index contributed by atoms with van der Waals surface area (Å²) < 4.78 is 10.9. The number of nitrogens with zero attached hydrogens (tertiary/aromatic N) is 2. The minimum Gasteiger partial charge on any atom is -0.367 e. The van der Waals surface area contributed by atoms with Gasteiger partial charge in [0, 0.05) is 13.0 Å². The minimum absolute atomic E-state index is 0.200. The Morgan fingerprint density at radius 1 is 1.50 bits per heavy atom. The van der Waals surface area contributed by atoms with Crippen LogP contribution in [0.3, 0.4) is 0 Å². The van der Waals surface area contributed by atoms with Crippen molar-refractivity contribution < 1.29 is 14.1 Å². The fourth-order valence-corrected chi connectivity index (χ4v) is 2.31. The Morgan fingerprint density at radius 2 is 2.28 bits per heavy atom. The second-order valence-corrected chi connectivity index (χ2v) is 4.88. The average molecular weight is 252 g/mol. The molecule has 5 nitrogen and oxygen atoms in total. The average Bonchev–Trinajstić information content (AvgIpc) is 2.97. The fourth-order valence-electron chi connectivity index (χ4n) is 2.31. The first-order chi connectivity index (χ1) is 8.60. The Bertz CT molecular complexity index is 430. The lowest BCUT2D eigenvalue weighted by Crippen LogP contribution is -2.26. The van der Waals surface area contributed by atoms with Gasteiger partial charge in [-0.05, 0) is 33.1 Å². The third-order valence-corrected chi connectivity index (χ3v) is 3.66. The van der Waals surface area contributed by atoms with E-state index in [1.807, 2.05) is 20.8 Å². The first-order valence-electron chi connectivity index (χ1n) is 6.61. The number of Topliss-reactive ketones (excluding diaryl/α,β-unsaturated/α-hetero) is 1. The first kappa shape index (κ1) is 13.2. The molecule has 1 aromatic rings. The van der Waals surface area contributed by atoms with Crippen molar-refractivity contribution in [3.8, 4) is 0 Å². The molecule has 0 spiro atoms. The maximum Gasteiger partial charge on any atom is 0.237 e. The summed E-state index contributed by atoms with van der Waals surface area (Å²) in [5.41, 5.74) is -0.530. The van der Waals surface area contributed by atoms with Gasteiger partial charge in [0.1, 0.15) is 11.4 Å². The van der Waals surface area contributed by atoms with Gasteiger partial charge in [-0.2, -0.15) is 4.98 Å². The van der Waals surface area contributed by atoms with Crippen LogP contribution in [-0.4, -0.2) is 22.5 Å². The molecule has 18 heavy (non-hydrogen) atoms. The van der Waals surface area contributed by atoms with Crippen LogP contribution in [0.15, 0.2) is 4.52 Å². The van der Waals surface area contributed by atoms with E-state index in [-0.39, 0.29) is 11.7 Å². The third-order valence-electron chi connectivity index (χ3n) is 3.66. The summed E-state index contributed by atoms with van der Waals surface area (Å²) >= 11 is 0. The Kier molecular flexibility index (Phi) is 3.80. The van der Waals surface area contributed by atoms with Crippen LogP contribution in [0.2, 0.25) is 0 Å². The zero-order chi connectivity index (χ0) is 13.2. The van der Waals surface area contributed by atoms with E-state index in [2.05, 4.69) is 10.1 Å². The van der Waals surface area contributed by atoms with Crippen LogP contribution in [0.5, 0.6) is 0 Å². The SMILES string of the molecule is CCOC(C)(CC)c1noc(C2CCCC2=O)n1. The number of hydrogen-bond acceptors (Lipinski definition) is 5. The Morgan fingerprint density at radius 3 is 2.83 bits per heavy atom. The molecule has 0 amide bonds. The van der Waals surface area contributed by atoms with Gasteiger partial charge in [0.2, 0.25) is 11.7 Å². The molecule has 1 aromatic heterocycles. The first-order valence-corrected chi connectivity index (χ1v) is 6.61. The van der Waals surface area contributed by atoms with E-state index in [1.54, 1.807) is 0 Å². The van der Waals surface area contributed by atoms with Crippen LogP contribution in [0, 0.1) is 0 Å². The van der Waals surface area contributed by atoms with E-state index in [9.17, 15) is 4.79 Å².